The van der Waals surface area contributed by atoms with Crippen molar-refractivity contribution in [3.05, 3.63) is 0 Å². The van der Waals surface area contributed by atoms with Crippen LogP contribution >= 0.6 is 0 Å². The van der Waals surface area contributed by atoms with Crippen molar-refractivity contribution in [1.29, 1.82) is 0 Å². The summed E-state index contributed by atoms with van der Waals surface area (Å²) in [5, 5.41) is 0. The van der Waals surface area contributed by atoms with Gasteiger partial charge in [0.2, 0.25) is 0 Å². The second-order valence-corrected chi connectivity index (χ2v) is 27.8. The van der Waals surface area contributed by atoms with E-state index in [0.29, 0.717) is 0 Å². The summed E-state index contributed by atoms with van der Waals surface area (Å²) in [6.45, 7) is 23.4. The SMILES string of the molecule is C[Si](C)(C)CCCC[Si](C)(O[Si](C)(C)C)O[Si](C)(C)C. The summed E-state index contributed by atoms with van der Waals surface area (Å²) in [7, 11) is -5.92. The molecule has 122 valence electrons. The van der Waals surface area contributed by atoms with Gasteiger partial charge in [0, 0.05) is 8.07 Å². The summed E-state index contributed by atoms with van der Waals surface area (Å²) in [6.07, 6.45) is 2.63. The highest BCUT2D eigenvalue weighted by Crippen LogP contribution is 2.27. The minimum absolute atomic E-state index is 0.896. The average Bonchev–Trinajstić information content (AvgIpc) is 2.04. The van der Waals surface area contributed by atoms with Gasteiger partial charge in [-0.05, 0) is 51.9 Å². The molecule has 0 aliphatic heterocycles. The lowest BCUT2D eigenvalue weighted by molar-refractivity contribution is 0.381. The van der Waals surface area contributed by atoms with Crippen LogP contribution < -0.4 is 0 Å². The Morgan fingerprint density at radius 3 is 1.20 bits per heavy atom. The highest BCUT2D eigenvalue weighted by atomic mass is 28.5. The molecule has 2 nitrogen and oxygen atoms in total. The molecule has 0 N–H and O–H groups in total. The van der Waals surface area contributed by atoms with Crippen LogP contribution in [-0.2, 0) is 8.23 Å². The highest BCUT2D eigenvalue weighted by Gasteiger charge is 2.39. The maximum atomic E-state index is 6.54. The second-order valence-electron chi connectivity index (χ2n) is 9.33. The van der Waals surface area contributed by atoms with Crippen LogP contribution in [0, 0.1) is 0 Å². The van der Waals surface area contributed by atoms with Crippen LogP contribution in [0.15, 0.2) is 0 Å². The van der Waals surface area contributed by atoms with E-state index in [1.165, 1.54) is 24.9 Å². The molecule has 0 saturated carbocycles. The largest absolute Gasteiger partial charge is 0.437 e. The summed E-state index contributed by atoms with van der Waals surface area (Å²) < 4.78 is 13.1. The summed E-state index contributed by atoms with van der Waals surface area (Å²) in [5.41, 5.74) is 0. The van der Waals surface area contributed by atoms with E-state index in [2.05, 4.69) is 65.5 Å². The molecule has 0 amide bonds. The van der Waals surface area contributed by atoms with Gasteiger partial charge in [-0.2, -0.15) is 0 Å². The zero-order chi connectivity index (χ0) is 16.2. The molecule has 0 rings (SSSR count). The zero-order valence-corrected chi connectivity index (χ0v) is 19.6. The van der Waals surface area contributed by atoms with E-state index in [0.717, 1.165) is 0 Å². The van der Waals surface area contributed by atoms with E-state index in [9.17, 15) is 0 Å². The van der Waals surface area contributed by atoms with Crippen LogP contribution in [0.25, 0.3) is 0 Å². The van der Waals surface area contributed by atoms with Gasteiger partial charge in [-0.25, -0.2) is 0 Å². The maximum absolute atomic E-state index is 6.54. The highest BCUT2D eigenvalue weighted by molar-refractivity contribution is 6.87. The molecule has 0 aromatic carbocycles. The molecule has 0 aromatic rings. The smallest absolute Gasteiger partial charge is 0.314 e. The molecule has 0 aliphatic carbocycles. The first-order valence-electron chi connectivity index (χ1n) is 8.02. The van der Waals surface area contributed by atoms with Crippen LogP contribution in [0.1, 0.15) is 12.8 Å². The monoisotopic (exact) mass is 350 g/mol. The lowest BCUT2D eigenvalue weighted by atomic mass is 10.4. The Bertz CT molecular complexity index is 271. The Kier molecular flexibility index (Phi) is 7.66. The summed E-state index contributed by atoms with van der Waals surface area (Å²) in [5.74, 6) is 0. The van der Waals surface area contributed by atoms with Gasteiger partial charge in [-0.15, -0.1) is 0 Å². The van der Waals surface area contributed by atoms with Crippen molar-refractivity contribution in [3.8, 4) is 0 Å². The molecule has 0 aromatic heterocycles. The van der Waals surface area contributed by atoms with Gasteiger partial charge < -0.3 is 8.23 Å². The Labute approximate surface area is 132 Å². The third-order valence-corrected chi connectivity index (χ3v) is 14.3. The lowest BCUT2D eigenvalue weighted by Crippen LogP contribution is -2.52. The number of rotatable bonds is 9. The minimum atomic E-state index is -1.98. The van der Waals surface area contributed by atoms with E-state index >= 15 is 0 Å². The van der Waals surface area contributed by atoms with Crippen molar-refractivity contribution >= 4 is 33.3 Å². The third kappa shape index (κ3) is 12.5. The fraction of sp³-hybridized carbons (Fsp3) is 1.00. The van der Waals surface area contributed by atoms with Crippen LogP contribution in [0.4, 0.5) is 0 Å². The van der Waals surface area contributed by atoms with Crippen molar-refractivity contribution in [2.24, 2.45) is 0 Å². The molecule has 0 radical (unpaired) electrons. The molecular formula is C14H38O2Si4. The minimum Gasteiger partial charge on any atom is -0.437 e. The Balaban J connectivity index is 4.54. The first-order valence-corrected chi connectivity index (χ1v) is 21.1. The second kappa shape index (κ2) is 7.37. The fourth-order valence-corrected chi connectivity index (χ4v) is 16.4. The predicted molar refractivity (Wildman–Crippen MR) is 103 cm³/mol. The van der Waals surface area contributed by atoms with Crippen molar-refractivity contribution in [3.63, 3.8) is 0 Å². The van der Waals surface area contributed by atoms with Gasteiger partial charge in [-0.3, -0.25) is 0 Å². The molecular weight excluding hydrogens is 312 g/mol. The van der Waals surface area contributed by atoms with Gasteiger partial charge >= 0.3 is 8.56 Å². The summed E-state index contributed by atoms with van der Waals surface area (Å²) in [4.78, 5) is 0. The zero-order valence-electron chi connectivity index (χ0n) is 15.6. The maximum Gasteiger partial charge on any atom is 0.314 e. The number of unbranched alkanes of at least 4 members (excludes halogenated alkanes) is 1. The summed E-state index contributed by atoms with van der Waals surface area (Å²) >= 11 is 0. The van der Waals surface area contributed by atoms with Gasteiger partial charge in [0.25, 0.3) is 0 Å². The van der Waals surface area contributed by atoms with Gasteiger partial charge in [-0.1, -0.05) is 38.5 Å². The van der Waals surface area contributed by atoms with Gasteiger partial charge in [0.05, 0.1) is 0 Å². The molecule has 0 bridgehead atoms. The fourth-order valence-electron chi connectivity index (χ4n) is 2.52. The number of hydrogen-bond acceptors (Lipinski definition) is 2. The molecule has 0 fully saturated rings. The van der Waals surface area contributed by atoms with E-state index in [-0.39, 0.29) is 0 Å². The first-order chi connectivity index (χ1) is 8.62. The quantitative estimate of drug-likeness (QED) is 0.382. The van der Waals surface area contributed by atoms with E-state index in [1.807, 2.05) is 0 Å². The van der Waals surface area contributed by atoms with Crippen LogP contribution in [-0.4, -0.2) is 33.3 Å². The Morgan fingerprint density at radius 1 is 0.550 bits per heavy atom. The van der Waals surface area contributed by atoms with Crippen molar-refractivity contribution in [2.45, 2.75) is 90.4 Å². The van der Waals surface area contributed by atoms with E-state index in [4.69, 9.17) is 8.23 Å². The van der Waals surface area contributed by atoms with Crippen LogP contribution in [0.5, 0.6) is 0 Å². The molecule has 0 heterocycles. The van der Waals surface area contributed by atoms with Gasteiger partial charge in [0.15, 0.2) is 16.6 Å². The van der Waals surface area contributed by atoms with Crippen molar-refractivity contribution in [2.75, 3.05) is 0 Å². The van der Waals surface area contributed by atoms with Crippen molar-refractivity contribution < 1.29 is 8.23 Å². The van der Waals surface area contributed by atoms with E-state index < -0.39 is 33.3 Å². The van der Waals surface area contributed by atoms with Crippen molar-refractivity contribution in [1.82, 2.24) is 0 Å². The molecule has 0 saturated heterocycles. The van der Waals surface area contributed by atoms with Gasteiger partial charge in [0.1, 0.15) is 0 Å². The van der Waals surface area contributed by atoms with Crippen LogP contribution in [0.2, 0.25) is 77.6 Å². The lowest BCUT2D eigenvalue weighted by Gasteiger charge is -2.38. The molecule has 0 unspecified atom stereocenters. The predicted octanol–water partition coefficient (Wildman–Crippen LogP) is 5.88. The standard InChI is InChI=1S/C14H38O2Si4/c1-17(2,3)13-11-12-14-20(10,15-18(4,5)6)16-19(7,8)9/h11-14H2,1-10H3. The number of hydrogen-bond donors (Lipinski definition) is 0. The van der Waals surface area contributed by atoms with E-state index in [1.54, 1.807) is 0 Å². The Morgan fingerprint density at radius 2 is 0.900 bits per heavy atom. The first kappa shape index (κ1) is 20.8. The molecule has 0 spiro atoms. The summed E-state index contributed by atoms with van der Waals surface area (Å²) in [6, 6.07) is 2.60. The Hall–Kier alpha value is 0.788. The molecule has 6 heteroatoms. The molecule has 20 heavy (non-hydrogen) atoms. The molecule has 0 aliphatic rings. The van der Waals surface area contributed by atoms with Crippen LogP contribution in [0.3, 0.4) is 0 Å². The third-order valence-electron chi connectivity index (χ3n) is 2.85. The molecule has 0 atom stereocenters. The average molecular weight is 351 g/mol. The normalized spacial score (nSPS) is 14.7. The topological polar surface area (TPSA) is 18.5 Å².